The molecule has 0 bridgehead atoms. The molecule has 0 unspecified atom stereocenters. The number of hydrogen-bond donors (Lipinski definition) is 0. The van der Waals surface area contributed by atoms with Gasteiger partial charge in [0.15, 0.2) is 0 Å². The van der Waals surface area contributed by atoms with E-state index in [-0.39, 0.29) is 5.91 Å². The third-order valence-corrected chi connectivity index (χ3v) is 2.73. The number of rotatable bonds is 2. The van der Waals surface area contributed by atoms with Gasteiger partial charge in [-0.25, -0.2) is 9.97 Å². The third kappa shape index (κ3) is 1.88. The molecule has 0 spiro atoms. The number of aromatic nitrogens is 3. The molecule has 4 nitrogen and oxygen atoms in total. The van der Waals surface area contributed by atoms with E-state index in [9.17, 15) is 4.79 Å². The lowest BCUT2D eigenvalue weighted by Crippen LogP contribution is -2.11. The van der Waals surface area contributed by atoms with Gasteiger partial charge in [-0.3, -0.25) is 9.36 Å². The van der Waals surface area contributed by atoms with Gasteiger partial charge in [0, 0.05) is 23.5 Å². The van der Waals surface area contributed by atoms with Crippen molar-refractivity contribution in [1.82, 2.24) is 14.5 Å². The predicted octanol–water partition coefficient (Wildman–Crippen LogP) is 1.53. The topological polar surface area (TPSA) is 47.8 Å². The SMILES string of the molecule is Cc1csc(CC(=O)n2ccnc2)n1. The summed E-state index contributed by atoms with van der Waals surface area (Å²) in [4.78, 5) is 19.6. The Hall–Kier alpha value is -1.49. The van der Waals surface area contributed by atoms with Crippen LogP contribution in [0.2, 0.25) is 0 Å². The van der Waals surface area contributed by atoms with Crippen molar-refractivity contribution in [2.45, 2.75) is 13.3 Å². The number of imidazole rings is 1. The van der Waals surface area contributed by atoms with E-state index < -0.39 is 0 Å². The molecule has 0 fully saturated rings. The van der Waals surface area contributed by atoms with Gasteiger partial charge in [-0.05, 0) is 6.92 Å². The molecule has 0 aromatic carbocycles. The summed E-state index contributed by atoms with van der Waals surface area (Å²) in [6, 6.07) is 0. The van der Waals surface area contributed by atoms with Gasteiger partial charge < -0.3 is 0 Å². The van der Waals surface area contributed by atoms with Crippen molar-refractivity contribution in [1.29, 1.82) is 0 Å². The van der Waals surface area contributed by atoms with E-state index in [2.05, 4.69) is 9.97 Å². The minimum absolute atomic E-state index is 0.00292. The monoisotopic (exact) mass is 207 g/mol. The average Bonchev–Trinajstić information content (AvgIpc) is 2.75. The van der Waals surface area contributed by atoms with Crippen LogP contribution in [0.5, 0.6) is 0 Å². The van der Waals surface area contributed by atoms with Crippen molar-refractivity contribution in [3.8, 4) is 0 Å². The van der Waals surface area contributed by atoms with Crippen LogP contribution in [-0.4, -0.2) is 20.4 Å². The standard InChI is InChI=1S/C9H9N3OS/c1-7-5-14-8(11-7)4-9(13)12-3-2-10-6-12/h2-3,5-6H,4H2,1H3. The number of nitrogens with zero attached hydrogens (tertiary/aromatic N) is 3. The molecule has 0 N–H and O–H groups in total. The first-order valence-electron chi connectivity index (χ1n) is 4.18. The maximum absolute atomic E-state index is 11.6. The Balaban J connectivity index is 2.09. The second kappa shape index (κ2) is 3.71. The molecule has 0 saturated heterocycles. The lowest BCUT2D eigenvalue weighted by atomic mass is 10.4. The van der Waals surface area contributed by atoms with Crippen molar-refractivity contribution in [2.75, 3.05) is 0 Å². The summed E-state index contributed by atoms with van der Waals surface area (Å²) < 4.78 is 1.47. The maximum Gasteiger partial charge on any atom is 0.238 e. The molecule has 0 saturated carbocycles. The number of aryl methyl sites for hydroxylation is 1. The molecule has 5 heteroatoms. The van der Waals surface area contributed by atoms with Crippen LogP contribution in [0.1, 0.15) is 15.5 Å². The van der Waals surface area contributed by atoms with E-state index >= 15 is 0 Å². The predicted molar refractivity (Wildman–Crippen MR) is 53.4 cm³/mol. The largest absolute Gasteiger partial charge is 0.276 e. The molecule has 0 aliphatic carbocycles. The Morgan fingerprint density at radius 3 is 3.07 bits per heavy atom. The van der Waals surface area contributed by atoms with Gasteiger partial charge in [0.2, 0.25) is 5.91 Å². The molecule has 0 atom stereocenters. The van der Waals surface area contributed by atoms with Crippen LogP contribution in [0, 0.1) is 6.92 Å². The normalized spacial score (nSPS) is 10.4. The van der Waals surface area contributed by atoms with E-state index in [1.807, 2.05) is 12.3 Å². The summed E-state index contributed by atoms with van der Waals surface area (Å²) in [5, 5.41) is 2.79. The summed E-state index contributed by atoms with van der Waals surface area (Å²) in [6.45, 7) is 1.92. The highest BCUT2D eigenvalue weighted by atomic mass is 32.1. The van der Waals surface area contributed by atoms with Crippen molar-refractivity contribution < 1.29 is 4.79 Å². The lowest BCUT2D eigenvalue weighted by Gasteiger charge is -1.96. The van der Waals surface area contributed by atoms with E-state index in [4.69, 9.17) is 0 Å². The Morgan fingerprint density at radius 2 is 2.50 bits per heavy atom. The van der Waals surface area contributed by atoms with Gasteiger partial charge >= 0.3 is 0 Å². The van der Waals surface area contributed by atoms with Gasteiger partial charge in [0.05, 0.1) is 6.42 Å². The highest BCUT2D eigenvalue weighted by Crippen LogP contribution is 2.09. The van der Waals surface area contributed by atoms with Gasteiger partial charge in [-0.15, -0.1) is 11.3 Å². The first-order chi connectivity index (χ1) is 6.75. The molecule has 2 heterocycles. The minimum atomic E-state index is -0.00292. The van der Waals surface area contributed by atoms with E-state index in [0.717, 1.165) is 10.7 Å². The first-order valence-corrected chi connectivity index (χ1v) is 5.06. The number of carbonyl (C=O) groups excluding carboxylic acids is 1. The summed E-state index contributed by atoms with van der Waals surface area (Å²) >= 11 is 1.51. The zero-order valence-corrected chi connectivity index (χ0v) is 8.49. The number of thiazole rings is 1. The molecule has 0 aliphatic rings. The quantitative estimate of drug-likeness (QED) is 0.750. The fourth-order valence-corrected chi connectivity index (χ4v) is 1.87. The molecular weight excluding hydrogens is 198 g/mol. The summed E-state index contributed by atoms with van der Waals surface area (Å²) in [5.41, 5.74) is 0.962. The minimum Gasteiger partial charge on any atom is -0.276 e. The first kappa shape index (κ1) is 9.08. The van der Waals surface area contributed by atoms with Crippen LogP contribution in [0.4, 0.5) is 0 Å². The van der Waals surface area contributed by atoms with Gasteiger partial charge in [0.25, 0.3) is 0 Å². The summed E-state index contributed by atoms with van der Waals surface area (Å²) in [6.07, 6.45) is 5.07. The van der Waals surface area contributed by atoms with Crippen molar-refractivity contribution >= 4 is 17.2 Å². The van der Waals surface area contributed by atoms with Crippen LogP contribution in [0.15, 0.2) is 24.1 Å². The Labute approximate surface area is 85.2 Å². The van der Waals surface area contributed by atoms with Crippen LogP contribution >= 0.6 is 11.3 Å². The van der Waals surface area contributed by atoms with E-state index in [1.165, 1.54) is 22.2 Å². The smallest absolute Gasteiger partial charge is 0.238 e. The van der Waals surface area contributed by atoms with Gasteiger partial charge in [0.1, 0.15) is 11.3 Å². The Kier molecular flexibility index (Phi) is 2.41. The molecule has 2 aromatic rings. The number of carbonyl (C=O) groups is 1. The number of hydrogen-bond acceptors (Lipinski definition) is 4. The van der Waals surface area contributed by atoms with Crippen LogP contribution < -0.4 is 0 Å². The molecule has 14 heavy (non-hydrogen) atoms. The molecule has 72 valence electrons. The fourth-order valence-electron chi connectivity index (χ4n) is 1.11. The highest BCUT2D eigenvalue weighted by molar-refractivity contribution is 7.09. The average molecular weight is 207 g/mol. The molecule has 2 rings (SSSR count). The molecular formula is C9H9N3OS. The molecule has 2 aromatic heterocycles. The van der Waals surface area contributed by atoms with Gasteiger partial charge in [-0.2, -0.15) is 0 Å². The molecule has 0 amide bonds. The van der Waals surface area contributed by atoms with E-state index in [0.29, 0.717) is 6.42 Å². The van der Waals surface area contributed by atoms with Crippen molar-refractivity contribution in [3.63, 3.8) is 0 Å². The molecule has 0 radical (unpaired) electrons. The van der Waals surface area contributed by atoms with Crippen molar-refractivity contribution in [2.24, 2.45) is 0 Å². The second-order valence-electron chi connectivity index (χ2n) is 2.92. The van der Waals surface area contributed by atoms with Crippen LogP contribution in [0.25, 0.3) is 0 Å². The summed E-state index contributed by atoms with van der Waals surface area (Å²) in [5.74, 6) is -0.00292. The Bertz CT molecular complexity index is 433. The molecule has 0 aliphatic heterocycles. The zero-order chi connectivity index (χ0) is 9.97. The van der Waals surface area contributed by atoms with Crippen LogP contribution in [0.3, 0.4) is 0 Å². The summed E-state index contributed by atoms with van der Waals surface area (Å²) in [7, 11) is 0. The Morgan fingerprint density at radius 1 is 1.64 bits per heavy atom. The van der Waals surface area contributed by atoms with Crippen molar-refractivity contribution in [3.05, 3.63) is 34.8 Å². The van der Waals surface area contributed by atoms with Gasteiger partial charge in [-0.1, -0.05) is 0 Å². The second-order valence-corrected chi connectivity index (χ2v) is 3.87. The highest BCUT2D eigenvalue weighted by Gasteiger charge is 2.07. The maximum atomic E-state index is 11.6. The third-order valence-electron chi connectivity index (χ3n) is 1.76. The fraction of sp³-hybridized carbons (Fsp3) is 0.222. The lowest BCUT2D eigenvalue weighted by molar-refractivity contribution is 0.0914. The van der Waals surface area contributed by atoms with Crippen LogP contribution in [-0.2, 0) is 6.42 Å². The van der Waals surface area contributed by atoms with E-state index in [1.54, 1.807) is 12.4 Å². The zero-order valence-electron chi connectivity index (χ0n) is 7.67.